The second-order valence-electron chi connectivity index (χ2n) is 7.14. The van der Waals surface area contributed by atoms with Crippen molar-refractivity contribution in [3.8, 4) is 11.5 Å². The number of anilines is 2. The predicted molar refractivity (Wildman–Crippen MR) is 131 cm³/mol. The summed E-state index contributed by atoms with van der Waals surface area (Å²) < 4.78 is 10.7. The number of ether oxygens (including phenoxy) is 2. The molecular formula is C25H24ClN3O5. The Kier molecular flexibility index (Phi) is 8.24. The highest BCUT2D eigenvalue weighted by atomic mass is 35.5. The number of methoxy groups -OCH3 is 2. The monoisotopic (exact) mass is 481 g/mol. The molecule has 4 aromatic rings. The van der Waals surface area contributed by atoms with Crippen LogP contribution in [0.15, 0.2) is 67.0 Å². The van der Waals surface area contributed by atoms with Crippen molar-refractivity contribution in [1.29, 1.82) is 0 Å². The predicted octanol–water partition coefficient (Wildman–Crippen LogP) is 5.22. The van der Waals surface area contributed by atoms with Gasteiger partial charge in [0.05, 0.1) is 19.7 Å². The topological polar surface area (TPSA) is 114 Å². The lowest BCUT2D eigenvalue weighted by Gasteiger charge is -2.15. The van der Waals surface area contributed by atoms with Gasteiger partial charge in [0.25, 0.3) is 5.97 Å². The standard InChI is InChI=1S/C23H20ClN3O3.C2H4O2/c1-29-20-11-17-19(12-21(20)30-2)25-13-26-23(17)27-15-8-9-16(18(24)10-15)22(28)14-6-4-3-5-7-14;1-2(3)4/h3-13,22,28H,1-2H3,(H,25,26,27);1H3,(H,3,4). The number of aromatic nitrogens is 2. The summed E-state index contributed by atoms with van der Waals surface area (Å²) in [7, 11) is 3.16. The zero-order chi connectivity index (χ0) is 24.7. The Morgan fingerprint density at radius 1 is 1.00 bits per heavy atom. The van der Waals surface area contributed by atoms with Crippen LogP contribution in [0.5, 0.6) is 11.5 Å². The highest BCUT2D eigenvalue weighted by Crippen LogP contribution is 2.35. The molecule has 4 rings (SSSR count). The van der Waals surface area contributed by atoms with E-state index in [1.807, 2.05) is 42.5 Å². The Labute approximate surface area is 201 Å². The molecule has 0 aliphatic heterocycles. The van der Waals surface area contributed by atoms with Gasteiger partial charge in [-0.25, -0.2) is 9.97 Å². The molecule has 0 saturated heterocycles. The van der Waals surface area contributed by atoms with E-state index in [-0.39, 0.29) is 0 Å². The average Bonchev–Trinajstić information content (AvgIpc) is 2.83. The van der Waals surface area contributed by atoms with Crippen molar-refractivity contribution in [2.45, 2.75) is 13.0 Å². The summed E-state index contributed by atoms with van der Waals surface area (Å²) in [6, 6.07) is 18.4. The van der Waals surface area contributed by atoms with Gasteiger partial charge in [0.2, 0.25) is 0 Å². The molecule has 176 valence electrons. The number of aliphatic carboxylic acids is 1. The van der Waals surface area contributed by atoms with Crippen molar-refractivity contribution < 1.29 is 24.5 Å². The molecule has 3 N–H and O–H groups in total. The van der Waals surface area contributed by atoms with E-state index in [1.165, 1.54) is 6.33 Å². The minimum absolute atomic E-state index is 0.453. The van der Waals surface area contributed by atoms with Crippen molar-refractivity contribution in [2.24, 2.45) is 0 Å². The second kappa shape index (κ2) is 11.3. The number of halogens is 1. The van der Waals surface area contributed by atoms with Crippen LogP contribution in [-0.4, -0.2) is 40.4 Å². The third-order valence-corrected chi connectivity index (χ3v) is 5.14. The van der Waals surface area contributed by atoms with Gasteiger partial charge in [-0.05, 0) is 23.8 Å². The van der Waals surface area contributed by atoms with Crippen molar-refractivity contribution in [3.05, 3.63) is 83.1 Å². The lowest BCUT2D eigenvalue weighted by atomic mass is 10.0. The van der Waals surface area contributed by atoms with Crippen LogP contribution in [0, 0.1) is 0 Å². The van der Waals surface area contributed by atoms with Gasteiger partial charge in [0, 0.05) is 34.6 Å². The summed E-state index contributed by atoms with van der Waals surface area (Å²) >= 11 is 6.48. The summed E-state index contributed by atoms with van der Waals surface area (Å²) in [6.07, 6.45) is 0.676. The van der Waals surface area contributed by atoms with Gasteiger partial charge in [-0.1, -0.05) is 48.0 Å². The maximum Gasteiger partial charge on any atom is 0.300 e. The summed E-state index contributed by atoms with van der Waals surface area (Å²) in [4.78, 5) is 17.7. The number of carbonyl (C=O) groups is 1. The molecule has 3 aromatic carbocycles. The maximum absolute atomic E-state index is 10.7. The number of hydrogen-bond acceptors (Lipinski definition) is 7. The molecule has 0 bridgehead atoms. The molecular weight excluding hydrogens is 458 g/mol. The first-order valence-electron chi connectivity index (χ1n) is 10.2. The third-order valence-electron chi connectivity index (χ3n) is 4.81. The fraction of sp³-hybridized carbons (Fsp3) is 0.160. The molecule has 0 aliphatic rings. The van der Waals surface area contributed by atoms with Gasteiger partial charge in [0.1, 0.15) is 18.2 Å². The van der Waals surface area contributed by atoms with Gasteiger partial charge < -0.3 is 25.0 Å². The van der Waals surface area contributed by atoms with Crippen LogP contribution in [0.2, 0.25) is 5.02 Å². The van der Waals surface area contributed by atoms with Crippen molar-refractivity contribution in [3.63, 3.8) is 0 Å². The van der Waals surface area contributed by atoms with Crippen LogP contribution in [-0.2, 0) is 4.79 Å². The third kappa shape index (κ3) is 5.92. The first-order chi connectivity index (χ1) is 16.3. The van der Waals surface area contributed by atoms with E-state index in [9.17, 15) is 5.11 Å². The molecule has 1 aromatic heterocycles. The zero-order valence-corrected chi connectivity index (χ0v) is 19.6. The highest BCUT2D eigenvalue weighted by Gasteiger charge is 2.15. The van der Waals surface area contributed by atoms with Crippen LogP contribution in [0.1, 0.15) is 24.2 Å². The molecule has 34 heavy (non-hydrogen) atoms. The Morgan fingerprint density at radius 3 is 2.26 bits per heavy atom. The number of aliphatic hydroxyl groups excluding tert-OH is 1. The Balaban J connectivity index is 0.000000751. The number of nitrogens with one attached hydrogen (secondary N) is 1. The largest absolute Gasteiger partial charge is 0.493 e. The first kappa shape index (κ1) is 24.8. The van der Waals surface area contributed by atoms with Crippen LogP contribution in [0.4, 0.5) is 11.5 Å². The molecule has 0 fully saturated rings. The lowest BCUT2D eigenvalue weighted by Crippen LogP contribution is -2.02. The molecule has 1 atom stereocenters. The smallest absolute Gasteiger partial charge is 0.300 e. The lowest BCUT2D eigenvalue weighted by molar-refractivity contribution is -0.134. The SMILES string of the molecule is CC(=O)O.COc1cc2ncnc(Nc3ccc(C(O)c4ccccc4)c(Cl)c3)c2cc1OC. The van der Waals surface area contributed by atoms with Gasteiger partial charge in [-0.3, -0.25) is 4.79 Å². The van der Waals surface area contributed by atoms with Crippen molar-refractivity contribution >= 4 is 40.0 Å². The first-order valence-corrected chi connectivity index (χ1v) is 10.6. The molecule has 1 heterocycles. The number of benzene rings is 3. The quantitative estimate of drug-likeness (QED) is 0.343. The highest BCUT2D eigenvalue weighted by molar-refractivity contribution is 6.31. The number of aliphatic hydroxyl groups is 1. The number of carboxylic acids is 1. The molecule has 0 amide bonds. The number of carboxylic acid groups (broad SMARTS) is 1. The van der Waals surface area contributed by atoms with Crippen LogP contribution >= 0.6 is 11.6 Å². The molecule has 0 spiro atoms. The van der Waals surface area contributed by atoms with Gasteiger partial charge >= 0.3 is 0 Å². The minimum Gasteiger partial charge on any atom is -0.493 e. The average molecular weight is 482 g/mol. The Morgan fingerprint density at radius 2 is 1.65 bits per heavy atom. The molecule has 0 saturated carbocycles. The van der Waals surface area contributed by atoms with Crippen LogP contribution in [0.3, 0.4) is 0 Å². The van der Waals surface area contributed by atoms with E-state index in [2.05, 4.69) is 15.3 Å². The fourth-order valence-electron chi connectivity index (χ4n) is 3.26. The van der Waals surface area contributed by atoms with Crippen molar-refractivity contribution in [2.75, 3.05) is 19.5 Å². The van der Waals surface area contributed by atoms with E-state index < -0.39 is 12.1 Å². The summed E-state index contributed by atoms with van der Waals surface area (Å²) in [5, 5.41) is 22.6. The summed E-state index contributed by atoms with van der Waals surface area (Å²) in [5.41, 5.74) is 2.86. The van der Waals surface area contributed by atoms with Crippen LogP contribution < -0.4 is 14.8 Å². The minimum atomic E-state index is -0.833. The Hall–Kier alpha value is -3.88. The number of hydrogen-bond donors (Lipinski definition) is 3. The normalized spacial score (nSPS) is 11.2. The van der Waals surface area contributed by atoms with Gasteiger partial charge in [0.15, 0.2) is 11.5 Å². The molecule has 9 heteroatoms. The second-order valence-corrected chi connectivity index (χ2v) is 7.55. The Bertz CT molecular complexity index is 1280. The molecule has 0 radical (unpaired) electrons. The summed E-state index contributed by atoms with van der Waals surface area (Å²) in [5.74, 6) is 0.951. The van der Waals surface area contributed by atoms with E-state index in [0.717, 1.165) is 23.6 Å². The van der Waals surface area contributed by atoms with Gasteiger partial charge in [-0.15, -0.1) is 0 Å². The maximum atomic E-state index is 10.7. The molecule has 1 unspecified atom stereocenters. The zero-order valence-electron chi connectivity index (χ0n) is 18.8. The van der Waals surface area contributed by atoms with E-state index in [1.54, 1.807) is 32.4 Å². The van der Waals surface area contributed by atoms with Gasteiger partial charge in [-0.2, -0.15) is 0 Å². The molecule has 8 nitrogen and oxygen atoms in total. The van der Waals surface area contributed by atoms with Crippen molar-refractivity contribution in [1.82, 2.24) is 9.97 Å². The van der Waals surface area contributed by atoms with E-state index in [0.29, 0.717) is 33.4 Å². The van der Waals surface area contributed by atoms with Crippen LogP contribution in [0.25, 0.3) is 10.9 Å². The number of nitrogens with zero attached hydrogens (tertiary/aromatic N) is 2. The number of fused-ring (bicyclic) bond motifs is 1. The number of rotatable bonds is 6. The molecule has 0 aliphatic carbocycles. The van der Waals surface area contributed by atoms with E-state index >= 15 is 0 Å². The summed E-state index contributed by atoms with van der Waals surface area (Å²) in [6.45, 7) is 1.08. The van der Waals surface area contributed by atoms with E-state index in [4.69, 9.17) is 31.0 Å². The fourth-order valence-corrected chi connectivity index (χ4v) is 3.54.